The molecule has 2 aromatic rings. The topological polar surface area (TPSA) is 117 Å². The Labute approximate surface area is 126 Å². The highest BCUT2D eigenvalue weighted by molar-refractivity contribution is 5.81. The lowest BCUT2D eigenvalue weighted by Gasteiger charge is -2.23. The molecular formula is C14H15N3O5. The van der Waals surface area contributed by atoms with E-state index in [9.17, 15) is 9.59 Å². The number of carbonyl (C=O) groups is 2. The van der Waals surface area contributed by atoms with E-state index in [1.807, 2.05) is 0 Å². The van der Waals surface area contributed by atoms with E-state index in [0.29, 0.717) is 23.0 Å². The van der Waals surface area contributed by atoms with Gasteiger partial charge in [-0.2, -0.15) is 4.98 Å². The van der Waals surface area contributed by atoms with Gasteiger partial charge in [-0.15, -0.1) is 0 Å². The van der Waals surface area contributed by atoms with Gasteiger partial charge in [0.25, 0.3) is 0 Å². The van der Waals surface area contributed by atoms with Crippen LogP contribution in [-0.2, 0) is 9.59 Å². The number of aromatic nitrogens is 2. The highest BCUT2D eigenvalue weighted by atomic mass is 16.5. The van der Waals surface area contributed by atoms with Gasteiger partial charge in [0.2, 0.25) is 11.7 Å². The lowest BCUT2D eigenvalue weighted by molar-refractivity contribution is -0.136. The molecule has 0 unspecified atom stereocenters. The summed E-state index contributed by atoms with van der Waals surface area (Å²) in [5.74, 6) is -1.45. The molecule has 0 atom stereocenters. The first-order valence-corrected chi connectivity index (χ1v) is 6.46. The van der Waals surface area contributed by atoms with E-state index in [2.05, 4.69) is 10.1 Å². The fourth-order valence-electron chi connectivity index (χ4n) is 2.06. The highest BCUT2D eigenvalue weighted by Crippen LogP contribution is 2.26. The average Bonchev–Trinajstić information content (AvgIpc) is 2.84. The van der Waals surface area contributed by atoms with E-state index in [0.717, 1.165) is 5.56 Å². The van der Waals surface area contributed by atoms with Crippen LogP contribution in [0.2, 0.25) is 0 Å². The van der Waals surface area contributed by atoms with Crippen molar-refractivity contribution in [1.29, 1.82) is 0 Å². The summed E-state index contributed by atoms with van der Waals surface area (Å²) in [6.45, 7) is 2.60. The maximum absolute atomic E-state index is 11.0. The molecule has 0 aliphatic rings. The zero-order chi connectivity index (χ0) is 16.3. The second kappa shape index (κ2) is 6.25. The molecule has 0 spiro atoms. The van der Waals surface area contributed by atoms with E-state index < -0.39 is 25.0 Å². The van der Waals surface area contributed by atoms with E-state index in [1.165, 1.54) is 4.90 Å². The van der Waals surface area contributed by atoms with Crippen LogP contribution in [0.4, 0.5) is 5.69 Å². The van der Waals surface area contributed by atoms with Gasteiger partial charge in [0.1, 0.15) is 13.1 Å². The first kappa shape index (κ1) is 15.5. The van der Waals surface area contributed by atoms with Gasteiger partial charge < -0.3 is 19.6 Å². The Morgan fingerprint density at radius 3 is 2.32 bits per heavy atom. The van der Waals surface area contributed by atoms with Crippen LogP contribution in [-0.4, -0.2) is 45.4 Å². The van der Waals surface area contributed by atoms with E-state index in [1.54, 1.807) is 32.0 Å². The van der Waals surface area contributed by atoms with Crippen LogP contribution in [0.5, 0.6) is 0 Å². The number of aryl methyl sites for hydroxylation is 2. The molecule has 0 saturated carbocycles. The van der Waals surface area contributed by atoms with E-state index in [4.69, 9.17) is 14.7 Å². The van der Waals surface area contributed by atoms with Crippen molar-refractivity contribution in [3.05, 3.63) is 29.7 Å². The number of hydrogen-bond donors (Lipinski definition) is 2. The lowest BCUT2D eigenvalue weighted by Crippen LogP contribution is -2.34. The zero-order valence-corrected chi connectivity index (χ0v) is 12.1. The van der Waals surface area contributed by atoms with Crippen molar-refractivity contribution in [2.24, 2.45) is 0 Å². The van der Waals surface area contributed by atoms with Gasteiger partial charge in [0, 0.05) is 18.2 Å². The normalized spacial score (nSPS) is 10.5. The molecule has 0 fully saturated rings. The third-order valence-electron chi connectivity index (χ3n) is 2.99. The number of carboxylic acids is 2. The molecule has 0 aliphatic heterocycles. The third kappa shape index (κ3) is 3.60. The molecule has 1 aromatic heterocycles. The smallest absolute Gasteiger partial charge is 0.323 e. The summed E-state index contributed by atoms with van der Waals surface area (Å²) < 4.78 is 4.92. The molecule has 2 rings (SSSR count). The molecule has 2 N–H and O–H groups in total. The van der Waals surface area contributed by atoms with Gasteiger partial charge in [-0.1, -0.05) is 17.3 Å². The first-order valence-electron chi connectivity index (χ1n) is 6.46. The van der Waals surface area contributed by atoms with Crippen molar-refractivity contribution in [3.8, 4) is 11.4 Å². The Morgan fingerprint density at radius 1 is 1.18 bits per heavy atom. The maximum Gasteiger partial charge on any atom is 0.323 e. The minimum atomic E-state index is -1.11. The predicted molar refractivity (Wildman–Crippen MR) is 76.7 cm³/mol. The molecule has 0 aliphatic carbocycles. The average molecular weight is 305 g/mol. The molecule has 116 valence electrons. The largest absolute Gasteiger partial charge is 0.480 e. The van der Waals surface area contributed by atoms with Crippen molar-refractivity contribution in [3.63, 3.8) is 0 Å². The highest BCUT2D eigenvalue weighted by Gasteiger charge is 2.18. The maximum atomic E-state index is 11.0. The molecule has 8 nitrogen and oxygen atoms in total. The van der Waals surface area contributed by atoms with Crippen molar-refractivity contribution < 1.29 is 24.3 Å². The van der Waals surface area contributed by atoms with Crippen LogP contribution in [0.25, 0.3) is 11.4 Å². The number of hydrogen-bond acceptors (Lipinski definition) is 6. The fraction of sp³-hybridized carbons (Fsp3) is 0.286. The summed E-state index contributed by atoms with van der Waals surface area (Å²) in [5, 5.41) is 21.7. The lowest BCUT2D eigenvalue weighted by atomic mass is 10.1. The van der Waals surface area contributed by atoms with Crippen LogP contribution < -0.4 is 4.90 Å². The summed E-state index contributed by atoms with van der Waals surface area (Å²) in [4.78, 5) is 27.3. The molecule has 22 heavy (non-hydrogen) atoms. The fourth-order valence-corrected chi connectivity index (χ4v) is 2.06. The number of carboxylic acid groups (broad SMARTS) is 2. The monoisotopic (exact) mass is 305 g/mol. The summed E-state index contributed by atoms with van der Waals surface area (Å²) in [6, 6.07) is 5.18. The van der Waals surface area contributed by atoms with Crippen LogP contribution >= 0.6 is 0 Å². The van der Waals surface area contributed by atoms with Gasteiger partial charge in [-0.25, -0.2) is 0 Å². The van der Waals surface area contributed by atoms with Crippen molar-refractivity contribution in [2.45, 2.75) is 13.8 Å². The van der Waals surface area contributed by atoms with Crippen molar-refractivity contribution >= 4 is 17.6 Å². The quantitative estimate of drug-likeness (QED) is 0.820. The van der Waals surface area contributed by atoms with Crippen LogP contribution in [0.15, 0.2) is 22.7 Å². The van der Waals surface area contributed by atoms with E-state index >= 15 is 0 Å². The summed E-state index contributed by atoms with van der Waals surface area (Å²) in [5.41, 5.74) is 1.88. The minimum absolute atomic E-state index is 0.365. The predicted octanol–water partition coefficient (Wildman–Crippen LogP) is 1.33. The number of aliphatic carboxylic acids is 2. The van der Waals surface area contributed by atoms with Crippen LogP contribution in [0, 0.1) is 13.8 Å². The zero-order valence-electron chi connectivity index (χ0n) is 12.1. The molecule has 0 radical (unpaired) electrons. The Kier molecular flexibility index (Phi) is 4.40. The molecule has 1 heterocycles. The molecule has 0 saturated heterocycles. The van der Waals surface area contributed by atoms with Gasteiger partial charge in [0.05, 0.1) is 0 Å². The molecular weight excluding hydrogens is 290 g/mol. The van der Waals surface area contributed by atoms with E-state index in [-0.39, 0.29) is 0 Å². The standard InChI is InChI=1S/C14H15N3O5/c1-8-3-4-10(14-15-9(2)22-16-14)5-11(8)17(6-12(18)19)7-13(20)21/h3-5H,6-7H2,1-2H3,(H,18,19)(H,20,21). The number of benzene rings is 1. The van der Waals surface area contributed by atoms with Crippen LogP contribution in [0.3, 0.4) is 0 Å². The second-order valence-corrected chi connectivity index (χ2v) is 4.78. The molecule has 1 aromatic carbocycles. The van der Waals surface area contributed by atoms with Gasteiger partial charge in [-0.05, 0) is 18.6 Å². The molecule has 0 amide bonds. The van der Waals surface area contributed by atoms with Gasteiger partial charge in [-0.3, -0.25) is 9.59 Å². The summed E-state index contributed by atoms with van der Waals surface area (Å²) >= 11 is 0. The first-order chi connectivity index (χ1) is 10.4. The van der Waals surface area contributed by atoms with Gasteiger partial charge in [0.15, 0.2) is 0 Å². The summed E-state index contributed by atoms with van der Waals surface area (Å²) in [7, 11) is 0. The summed E-state index contributed by atoms with van der Waals surface area (Å²) in [6.07, 6.45) is 0. The molecule has 8 heteroatoms. The minimum Gasteiger partial charge on any atom is -0.480 e. The SMILES string of the molecule is Cc1nc(-c2ccc(C)c(N(CC(=O)O)CC(=O)O)c2)no1. The Morgan fingerprint density at radius 2 is 1.82 bits per heavy atom. The Hall–Kier alpha value is -2.90. The van der Waals surface area contributed by atoms with Crippen molar-refractivity contribution in [1.82, 2.24) is 10.1 Å². The number of rotatable bonds is 6. The Bertz CT molecular complexity index is 694. The third-order valence-corrected chi connectivity index (χ3v) is 2.99. The van der Waals surface area contributed by atoms with Gasteiger partial charge >= 0.3 is 11.9 Å². The second-order valence-electron chi connectivity index (χ2n) is 4.78. The number of nitrogens with zero attached hydrogens (tertiary/aromatic N) is 3. The van der Waals surface area contributed by atoms with Crippen LogP contribution in [0.1, 0.15) is 11.5 Å². The van der Waals surface area contributed by atoms with Crippen molar-refractivity contribution in [2.75, 3.05) is 18.0 Å². The Balaban J connectivity index is 2.42. The number of anilines is 1. The molecule has 0 bridgehead atoms.